The summed E-state index contributed by atoms with van der Waals surface area (Å²) in [5.74, 6) is 0.797. The number of amides is 2. The quantitative estimate of drug-likeness (QED) is 0.489. The van der Waals surface area contributed by atoms with Crippen molar-refractivity contribution in [2.75, 3.05) is 12.4 Å². The molecular formula is C13H24ClN3O2. The molecular weight excluding hydrogens is 266 g/mol. The smallest absolute Gasteiger partial charge is 0.334 e. The molecule has 0 spiro atoms. The summed E-state index contributed by atoms with van der Waals surface area (Å²) < 4.78 is 0. The minimum Gasteiger partial charge on any atom is -0.334 e. The zero-order chi connectivity index (χ0) is 14.5. The second-order valence-corrected chi connectivity index (χ2v) is 6.65. The first-order valence-electron chi connectivity index (χ1n) is 6.85. The van der Waals surface area contributed by atoms with E-state index >= 15 is 0 Å². The lowest BCUT2D eigenvalue weighted by Crippen LogP contribution is -2.46. The van der Waals surface area contributed by atoms with Crippen molar-refractivity contribution in [3.05, 3.63) is 4.91 Å². The van der Waals surface area contributed by atoms with Crippen LogP contribution in [-0.4, -0.2) is 29.5 Å². The maximum atomic E-state index is 11.9. The zero-order valence-electron chi connectivity index (χ0n) is 12.0. The van der Waals surface area contributed by atoms with Crippen LogP contribution < -0.4 is 5.32 Å². The van der Waals surface area contributed by atoms with Crippen LogP contribution in [0.3, 0.4) is 0 Å². The molecule has 0 aromatic rings. The van der Waals surface area contributed by atoms with E-state index < -0.39 is 6.03 Å². The van der Waals surface area contributed by atoms with Crippen LogP contribution in [0, 0.1) is 16.2 Å². The van der Waals surface area contributed by atoms with E-state index in [4.69, 9.17) is 11.6 Å². The number of halogens is 1. The fourth-order valence-corrected chi connectivity index (χ4v) is 2.78. The van der Waals surface area contributed by atoms with Gasteiger partial charge in [0.2, 0.25) is 0 Å². The van der Waals surface area contributed by atoms with Gasteiger partial charge in [-0.15, -0.1) is 16.5 Å². The molecule has 1 rings (SSSR count). The molecule has 1 saturated carbocycles. The van der Waals surface area contributed by atoms with Crippen LogP contribution in [0.15, 0.2) is 5.29 Å². The Hall–Kier alpha value is -0.840. The van der Waals surface area contributed by atoms with Gasteiger partial charge in [-0.25, -0.2) is 4.79 Å². The van der Waals surface area contributed by atoms with Crippen LogP contribution >= 0.6 is 11.6 Å². The highest BCUT2D eigenvalue weighted by Crippen LogP contribution is 2.37. The van der Waals surface area contributed by atoms with Crippen LogP contribution in [0.25, 0.3) is 0 Å². The van der Waals surface area contributed by atoms with Gasteiger partial charge >= 0.3 is 6.03 Å². The summed E-state index contributed by atoms with van der Waals surface area (Å²) in [5.41, 5.74) is 0.252. The SMILES string of the molecule is CC(C)(C)[C@@H]1CCC[C@@H](NC(=O)N(CCCl)N=O)C1. The molecule has 1 N–H and O–H groups in total. The summed E-state index contributed by atoms with van der Waals surface area (Å²) >= 11 is 5.52. The van der Waals surface area contributed by atoms with Gasteiger partial charge in [0, 0.05) is 11.9 Å². The van der Waals surface area contributed by atoms with Gasteiger partial charge in [-0.1, -0.05) is 27.2 Å². The molecule has 0 radical (unpaired) electrons. The number of alkyl halides is 1. The molecule has 0 aromatic heterocycles. The minimum absolute atomic E-state index is 0.130. The molecule has 1 aliphatic carbocycles. The average Bonchev–Trinajstić information content (AvgIpc) is 2.35. The standard InChI is InChI=1S/C13H24ClN3O2/c1-13(2,3)10-5-4-6-11(9-10)15-12(18)17(16-19)8-7-14/h10-11H,4-9H2,1-3H3,(H,15,18)/t10-,11-/m1/s1. The fourth-order valence-electron chi connectivity index (χ4n) is 2.62. The Morgan fingerprint density at radius 2 is 2.11 bits per heavy atom. The largest absolute Gasteiger partial charge is 0.340 e. The molecule has 2 amide bonds. The summed E-state index contributed by atoms with van der Waals surface area (Å²) in [6.07, 6.45) is 4.23. The lowest BCUT2D eigenvalue weighted by atomic mass is 9.71. The predicted molar refractivity (Wildman–Crippen MR) is 77.0 cm³/mol. The van der Waals surface area contributed by atoms with E-state index in [1.807, 2.05) is 0 Å². The second kappa shape index (κ2) is 7.08. The first-order chi connectivity index (χ1) is 8.88. The lowest BCUT2D eigenvalue weighted by Gasteiger charge is -2.38. The Bertz CT molecular complexity index is 318. The van der Waals surface area contributed by atoms with Crippen molar-refractivity contribution in [1.82, 2.24) is 10.3 Å². The van der Waals surface area contributed by atoms with E-state index in [-0.39, 0.29) is 23.9 Å². The highest BCUT2D eigenvalue weighted by Gasteiger charge is 2.31. The number of hydrogen-bond acceptors (Lipinski definition) is 3. The van der Waals surface area contributed by atoms with Crippen LogP contribution in [-0.2, 0) is 0 Å². The number of rotatable bonds is 4. The van der Waals surface area contributed by atoms with E-state index in [1.165, 1.54) is 6.42 Å². The lowest BCUT2D eigenvalue weighted by molar-refractivity contribution is 0.147. The zero-order valence-corrected chi connectivity index (χ0v) is 12.7. The molecule has 19 heavy (non-hydrogen) atoms. The van der Waals surface area contributed by atoms with Gasteiger partial charge in [-0.3, -0.25) is 0 Å². The number of urea groups is 1. The van der Waals surface area contributed by atoms with Crippen molar-refractivity contribution in [1.29, 1.82) is 0 Å². The molecule has 110 valence electrons. The van der Waals surface area contributed by atoms with Crippen molar-refractivity contribution >= 4 is 17.6 Å². The minimum atomic E-state index is -0.435. The molecule has 0 aromatic carbocycles. The van der Waals surface area contributed by atoms with E-state index in [0.717, 1.165) is 24.3 Å². The molecule has 2 atom stereocenters. The maximum Gasteiger partial charge on any atom is 0.340 e. The third-order valence-electron chi connectivity index (χ3n) is 3.86. The van der Waals surface area contributed by atoms with Crippen molar-refractivity contribution in [2.24, 2.45) is 16.6 Å². The van der Waals surface area contributed by atoms with Gasteiger partial charge in [-0.2, -0.15) is 5.01 Å². The topological polar surface area (TPSA) is 61.8 Å². The summed E-state index contributed by atoms with van der Waals surface area (Å²) in [6, 6.07) is -0.305. The molecule has 0 aliphatic heterocycles. The first kappa shape index (κ1) is 16.2. The Morgan fingerprint density at radius 1 is 1.42 bits per heavy atom. The van der Waals surface area contributed by atoms with Gasteiger partial charge < -0.3 is 5.32 Å². The summed E-state index contributed by atoms with van der Waals surface area (Å²) in [6.45, 7) is 6.84. The van der Waals surface area contributed by atoms with Gasteiger partial charge in [0.25, 0.3) is 0 Å². The number of nitroso groups, excluding NO2 is 1. The maximum absolute atomic E-state index is 11.9. The number of nitrogens with one attached hydrogen (secondary N) is 1. The van der Waals surface area contributed by atoms with Crippen LogP contribution in [0.4, 0.5) is 4.79 Å². The van der Waals surface area contributed by atoms with Crippen molar-refractivity contribution in [2.45, 2.75) is 52.5 Å². The number of hydrogen-bond donors (Lipinski definition) is 1. The third-order valence-corrected chi connectivity index (χ3v) is 4.02. The predicted octanol–water partition coefficient (Wildman–Crippen LogP) is 3.52. The Labute approximate surface area is 120 Å². The number of carbonyl (C=O) groups is 1. The van der Waals surface area contributed by atoms with Crippen molar-refractivity contribution in [3.8, 4) is 0 Å². The average molecular weight is 290 g/mol. The molecule has 1 fully saturated rings. The molecule has 1 aliphatic rings. The van der Waals surface area contributed by atoms with Crippen LogP contribution in [0.2, 0.25) is 0 Å². The van der Waals surface area contributed by atoms with Gasteiger partial charge in [-0.05, 0) is 30.6 Å². The van der Waals surface area contributed by atoms with Crippen LogP contribution in [0.5, 0.6) is 0 Å². The Kier molecular flexibility index (Phi) is 6.04. The van der Waals surface area contributed by atoms with E-state index in [1.54, 1.807) is 0 Å². The van der Waals surface area contributed by atoms with Crippen molar-refractivity contribution < 1.29 is 4.79 Å². The summed E-state index contributed by atoms with van der Waals surface area (Å²) in [5, 5.41) is 6.44. The normalized spacial score (nSPS) is 23.8. The highest BCUT2D eigenvalue weighted by molar-refractivity contribution is 6.18. The Balaban J connectivity index is 2.52. The summed E-state index contributed by atoms with van der Waals surface area (Å²) in [7, 11) is 0. The fraction of sp³-hybridized carbons (Fsp3) is 0.923. The molecule has 0 saturated heterocycles. The third kappa shape index (κ3) is 4.97. The molecule has 0 unspecified atom stereocenters. The Morgan fingerprint density at radius 3 is 2.63 bits per heavy atom. The number of nitrogens with zero attached hydrogens (tertiary/aromatic N) is 2. The van der Waals surface area contributed by atoms with Gasteiger partial charge in [0.15, 0.2) is 0 Å². The first-order valence-corrected chi connectivity index (χ1v) is 7.39. The highest BCUT2D eigenvalue weighted by atomic mass is 35.5. The van der Waals surface area contributed by atoms with E-state index in [2.05, 4.69) is 31.4 Å². The van der Waals surface area contributed by atoms with Crippen LogP contribution in [0.1, 0.15) is 46.5 Å². The number of carbonyl (C=O) groups excluding carboxylic acids is 1. The monoisotopic (exact) mass is 289 g/mol. The molecule has 0 heterocycles. The molecule has 5 nitrogen and oxygen atoms in total. The van der Waals surface area contributed by atoms with Gasteiger partial charge in [0.1, 0.15) is 0 Å². The second-order valence-electron chi connectivity index (χ2n) is 6.27. The van der Waals surface area contributed by atoms with Gasteiger partial charge in [0.05, 0.1) is 11.8 Å². The molecule has 0 bridgehead atoms. The van der Waals surface area contributed by atoms with E-state index in [0.29, 0.717) is 5.92 Å². The van der Waals surface area contributed by atoms with E-state index in [9.17, 15) is 9.70 Å². The summed E-state index contributed by atoms with van der Waals surface area (Å²) in [4.78, 5) is 22.4. The molecule has 6 heteroatoms. The van der Waals surface area contributed by atoms with Crippen molar-refractivity contribution in [3.63, 3.8) is 0 Å².